The van der Waals surface area contributed by atoms with E-state index in [0.717, 1.165) is 27.8 Å². The maximum atomic E-state index is 12.8. The first-order valence-electron chi connectivity index (χ1n) is 12.5. The van der Waals surface area contributed by atoms with E-state index in [0.29, 0.717) is 24.7 Å². The second kappa shape index (κ2) is 10.4. The molecule has 7 heteroatoms. The summed E-state index contributed by atoms with van der Waals surface area (Å²) in [5, 5.41) is 17.9. The average Bonchev–Trinajstić information content (AvgIpc) is 3.24. The van der Waals surface area contributed by atoms with Gasteiger partial charge in [0.2, 0.25) is 5.91 Å². The van der Waals surface area contributed by atoms with Crippen LogP contribution < -0.4 is 10.1 Å². The standard InChI is InChI=1S/C30H33N5O2/c1-19-14-21(3)28-25(15-19)20(2)16-26(33-28)35-29(22(17-31)18-32-35)34-27(36)8-7-13-37-24-11-9-23(10-12-24)30(4,5)6/h9-12,14-16,18H,7-8,13H2,1-6H3,(H,34,36). The lowest BCUT2D eigenvalue weighted by Gasteiger charge is -2.19. The minimum atomic E-state index is -0.214. The van der Waals surface area contributed by atoms with Crippen molar-refractivity contribution >= 4 is 22.6 Å². The first kappa shape index (κ1) is 25.9. The fourth-order valence-electron chi connectivity index (χ4n) is 4.33. The number of nitrogens with zero attached hydrogens (tertiary/aromatic N) is 4. The monoisotopic (exact) mass is 495 g/mol. The van der Waals surface area contributed by atoms with Gasteiger partial charge in [0.1, 0.15) is 17.4 Å². The van der Waals surface area contributed by atoms with Crippen LogP contribution in [0, 0.1) is 32.1 Å². The molecule has 7 nitrogen and oxygen atoms in total. The highest BCUT2D eigenvalue weighted by Crippen LogP contribution is 2.27. The van der Waals surface area contributed by atoms with E-state index in [-0.39, 0.29) is 23.3 Å². The third-order valence-electron chi connectivity index (χ3n) is 6.34. The third-order valence-corrected chi connectivity index (χ3v) is 6.34. The van der Waals surface area contributed by atoms with Gasteiger partial charge in [0.15, 0.2) is 11.6 Å². The van der Waals surface area contributed by atoms with Crippen molar-refractivity contribution in [2.45, 2.75) is 59.8 Å². The molecule has 2 heterocycles. The maximum Gasteiger partial charge on any atom is 0.225 e. The van der Waals surface area contributed by atoms with Gasteiger partial charge in [-0.15, -0.1) is 0 Å². The first-order valence-corrected chi connectivity index (χ1v) is 12.5. The Kier molecular flexibility index (Phi) is 7.30. The van der Waals surface area contributed by atoms with Crippen molar-refractivity contribution < 1.29 is 9.53 Å². The van der Waals surface area contributed by atoms with Crippen LogP contribution in [-0.2, 0) is 10.2 Å². The summed E-state index contributed by atoms with van der Waals surface area (Å²) in [5.41, 5.74) is 5.77. The SMILES string of the molecule is Cc1cc(C)c2nc(-n3ncc(C#N)c3NC(=O)CCCOc3ccc(C(C)(C)C)cc3)cc(C)c2c1. The Morgan fingerprint density at radius 3 is 2.49 bits per heavy atom. The van der Waals surface area contributed by atoms with Crippen LogP contribution in [0.3, 0.4) is 0 Å². The fraction of sp³-hybridized carbons (Fsp3) is 0.333. The van der Waals surface area contributed by atoms with Gasteiger partial charge in [0.05, 0.1) is 18.3 Å². The number of anilines is 1. The molecular formula is C30H33N5O2. The van der Waals surface area contributed by atoms with Gasteiger partial charge in [-0.2, -0.15) is 15.0 Å². The van der Waals surface area contributed by atoms with E-state index < -0.39 is 0 Å². The van der Waals surface area contributed by atoms with Crippen molar-refractivity contribution in [3.63, 3.8) is 0 Å². The molecule has 0 spiro atoms. The summed E-state index contributed by atoms with van der Waals surface area (Å²) >= 11 is 0. The van der Waals surface area contributed by atoms with E-state index in [1.54, 1.807) is 0 Å². The molecule has 37 heavy (non-hydrogen) atoms. The number of carbonyl (C=O) groups excluding carboxylic acids is 1. The zero-order valence-electron chi connectivity index (χ0n) is 22.3. The minimum Gasteiger partial charge on any atom is -0.494 e. The second-order valence-electron chi connectivity index (χ2n) is 10.5. The molecule has 4 aromatic rings. The number of pyridine rings is 1. The molecule has 1 amide bonds. The van der Waals surface area contributed by atoms with Crippen molar-refractivity contribution in [1.29, 1.82) is 5.26 Å². The van der Waals surface area contributed by atoms with Gasteiger partial charge in [-0.05, 0) is 73.6 Å². The van der Waals surface area contributed by atoms with Crippen LogP contribution in [0.2, 0.25) is 0 Å². The van der Waals surface area contributed by atoms with Crippen molar-refractivity contribution in [1.82, 2.24) is 14.8 Å². The minimum absolute atomic E-state index is 0.0877. The normalized spacial score (nSPS) is 11.4. The summed E-state index contributed by atoms with van der Waals surface area (Å²) in [4.78, 5) is 17.6. The van der Waals surface area contributed by atoms with Crippen LogP contribution in [0.15, 0.2) is 48.7 Å². The quantitative estimate of drug-likeness (QED) is 0.303. The molecule has 0 aliphatic carbocycles. The lowest BCUT2D eigenvalue weighted by molar-refractivity contribution is -0.116. The summed E-state index contributed by atoms with van der Waals surface area (Å²) < 4.78 is 7.33. The number of hydrogen-bond acceptors (Lipinski definition) is 5. The average molecular weight is 496 g/mol. The predicted octanol–water partition coefficient (Wildman–Crippen LogP) is 6.31. The smallest absolute Gasteiger partial charge is 0.225 e. The van der Waals surface area contributed by atoms with Gasteiger partial charge in [0, 0.05) is 11.8 Å². The largest absolute Gasteiger partial charge is 0.494 e. The molecule has 0 aliphatic rings. The summed E-state index contributed by atoms with van der Waals surface area (Å²) in [6.45, 7) is 13.0. The highest BCUT2D eigenvalue weighted by Gasteiger charge is 2.18. The Morgan fingerprint density at radius 1 is 1.08 bits per heavy atom. The van der Waals surface area contributed by atoms with Crippen LogP contribution in [0.1, 0.15) is 61.4 Å². The summed E-state index contributed by atoms with van der Waals surface area (Å²) in [7, 11) is 0. The summed E-state index contributed by atoms with van der Waals surface area (Å²) in [5.74, 6) is 1.44. The number of nitrogens with one attached hydrogen (secondary N) is 1. The molecule has 190 valence electrons. The molecule has 0 atom stereocenters. The molecule has 0 saturated heterocycles. The van der Waals surface area contributed by atoms with Gasteiger partial charge >= 0.3 is 0 Å². The zero-order valence-corrected chi connectivity index (χ0v) is 22.3. The molecule has 0 fully saturated rings. The number of fused-ring (bicyclic) bond motifs is 1. The van der Waals surface area contributed by atoms with Gasteiger partial charge in [0.25, 0.3) is 0 Å². The topological polar surface area (TPSA) is 92.8 Å². The molecule has 2 aromatic heterocycles. The second-order valence-corrected chi connectivity index (χ2v) is 10.5. The summed E-state index contributed by atoms with van der Waals surface area (Å²) in [6.07, 6.45) is 2.23. The number of hydrogen-bond donors (Lipinski definition) is 1. The molecule has 0 saturated carbocycles. The van der Waals surface area contributed by atoms with Crippen molar-refractivity contribution in [2.75, 3.05) is 11.9 Å². The number of aromatic nitrogens is 3. The Balaban J connectivity index is 1.44. The molecule has 1 N–H and O–H groups in total. The van der Waals surface area contributed by atoms with Gasteiger partial charge in [-0.3, -0.25) is 4.79 Å². The maximum absolute atomic E-state index is 12.8. The molecule has 2 aromatic carbocycles. The van der Waals surface area contributed by atoms with Crippen LogP contribution in [-0.4, -0.2) is 27.3 Å². The fourth-order valence-corrected chi connectivity index (χ4v) is 4.33. The zero-order chi connectivity index (χ0) is 26.7. The Morgan fingerprint density at radius 2 is 1.81 bits per heavy atom. The van der Waals surface area contributed by atoms with Crippen LogP contribution in [0.25, 0.3) is 16.7 Å². The van der Waals surface area contributed by atoms with E-state index in [4.69, 9.17) is 9.72 Å². The lowest BCUT2D eigenvalue weighted by atomic mass is 9.87. The molecular weight excluding hydrogens is 462 g/mol. The Hall–Kier alpha value is -4.18. The Bertz CT molecular complexity index is 1490. The molecule has 0 unspecified atom stereocenters. The van der Waals surface area contributed by atoms with Crippen molar-refractivity contribution in [3.8, 4) is 17.6 Å². The highest BCUT2D eigenvalue weighted by molar-refractivity contribution is 5.91. The number of carbonyl (C=O) groups is 1. The molecule has 0 radical (unpaired) electrons. The number of ether oxygens (including phenoxy) is 1. The molecule has 0 aliphatic heterocycles. The van der Waals surface area contributed by atoms with Gasteiger partial charge < -0.3 is 10.1 Å². The highest BCUT2D eigenvalue weighted by atomic mass is 16.5. The number of rotatable bonds is 7. The van der Waals surface area contributed by atoms with Crippen LogP contribution in [0.5, 0.6) is 5.75 Å². The van der Waals surface area contributed by atoms with Crippen molar-refractivity contribution in [3.05, 3.63) is 76.5 Å². The summed E-state index contributed by atoms with van der Waals surface area (Å²) in [6, 6.07) is 16.3. The van der Waals surface area contributed by atoms with Crippen molar-refractivity contribution in [2.24, 2.45) is 0 Å². The first-order chi connectivity index (χ1) is 17.6. The number of amides is 1. The van der Waals surface area contributed by atoms with Gasteiger partial charge in [-0.25, -0.2) is 4.98 Å². The molecule has 0 bridgehead atoms. The van der Waals surface area contributed by atoms with Gasteiger partial charge in [-0.1, -0.05) is 44.5 Å². The Labute approximate surface area is 218 Å². The van der Waals surface area contributed by atoms with E-state index >= 15 is 0 Å². The lowest BCUT2D eigenvalue weighted by Crippen LogP contribution is -2.17. The van der Waals surface area contributed by atoms with E-state index in [1.165, 1.54) is 22.0 Å². The number of aryl methyl sites for hydroxylation is 3. The van der Waals surface area contributed by atoms with E-state index in [2.05, 4.69) is 68.4 Å². The number of benzene rings is 2. The predicted molar refractivity (Wildman–Crippen MR) is 146 cm³/mol. The van der Waals surface area contributed by atoms with Crippen LogP contribution >= 0.6 is 0 Å². The third kappa shape index (κ3) is 5.80. The number of nitriles is 1. The van der Waals surface area contributed by atoms with Crippen LogP contribution in [0.4, 0.5) is 5.82 Å². The van der Waals surface area contributed by atoms with E-state index in [9.17, 15) is 10.1 Å². The molecule has 4 rings (SSSR count). The van der Waals surface area contributed by atoms with E-state index in [1.807, 2.05) is 32.0 Å².